The van der Waals surface area contributed by atoms with Crippen LogP contribution in [0.1, 0.15) is 31.2 Å². The molecule has 1 aliphatic carbocycles. The van der Waals surface area contributed by atoms with Gasteiger partial charge in [0.15, 0.2) is 0 Å². The molecule has 2 aromatic carbocycles. The highest BCUT2D eigenvalue weighted by Gasteiger charge is 2.30. The Morgan fingerprint density at radius 1 is 0.571 bits per heavy atom. The quantitative estimate of drug-likeness (QED) is 0.347. The molecule has 0 fully saturated rings. The Hall–Kier alpha value is -2.82. The fourth-order valence-corrected chi connectivity index (χ4v) is 5.59. The van der Waals surface area contributed by atoms with E-state index >= 15 is 0 Å². The molecule has 28 heavy (non-hydrogen) atoms. The lowest BCUT2D eigenvalue weighted by Gasteiger charge is -2.19. The van der Waals surface area contributed by atoms with Crippen molar-refractivity contribution < 1.29 is 9.59 Å². The smallest absolute Gasteiger partial charge is 0.234 e. The number of thiophene rings is 2. The lowest BCUT2D eigenvalue weighted by Crippen LogP contribution is -2.21. The van der Waals surface area contributed by atoms with Crippen LogP contribution < -0.4 is 0 Å². The second-order valence-corrected chi connectivity index (χ2v) is 9.41. The summed E-state index contributed by atoms with van der Waals surface area (Å²) in [4.78, 5) is 30.0. The Morgan fingerprint density at radius 2 is 1.18 bits per heavy atom. The topological polar surface area (TPSA) is 34.1 Å². The third kappa shape index (κ3) is 2.68. The molecule has 0 radical (unpaired) electrons. The maximum Gasteiger partial charge on any atom is 0.234 e. The number of carbonyl (C=O) groups excluding carboxylic acids is 2. The summed E-state index contributed by atoms with van der Waals surface area (Å²) >= 11 is 3.54. The summed E-state index contributed by atoms with van der Waals surface area (Å²) in [6.07, 6.45) is 0. The Labute approximate surface area is 171 Å². The molecule has 0 saturated heterocycles. The summed E-state index contributed by atoms with van der Waals surface area (Å²) < 4.78 is 0. The highest BCUT2D eigenvalue weighted by atomic mass is 32.1. The summed E-state index contributed by atoms with van der Waals surface area (Å²) in [5.41, 5.74) is 4.84. The summed E-state index contributed by atoms with van der Waals surface area (Å²) in [5, 5.41) is 0. The number of aryl methyl sites for hydroxylation is 2. The van der Waals surface area contributed by atoms with E-state index in [0.29, 0.717) is 11.1 Å². The minimum Gasteiger partial charge on any atom is -0.285 e. The van der Waals surface area contributed by atoms with Gasteiger partial charge in [-0.2, -0.15) is 0 Å². The molecule has 0 N–H and O–H groups in total. The predicted octanol–water partition coefficient (Wildman–Crippen LogP) is 6.81. The van der Waals surface area contributed by atoms with Crippen molar-refractivity contribution in [3.8, 4) is 31.3 Å². The molecular formula is C24H16O2S2. The number of rotatable bonds is 2. The SMILES string of the molecule is Cc1ccc2c(c1)-c1cc(-c3ccc(-c4ccc(C)s4)s3)ccc1C(=O)C2=O. The molecule has 2 nitrogen and oxygen atoms in total. The van der Waals surface area contributed by atoms with Gasteiger partial charge in [-0.25, -0.2) is 0 Å². The van der Waals surface area contributed by atoms with E-state index in [9.17, 15) is 9.59 Å². The van der Waals surface area contributed by atoms with Crippen molar-refractivity contribution in [2.45, 2.75) is 13.8 Å². The molecule has 5 rings (SSSR count). The first-order valence-electron chi connectivity index (χ1n) is 9.02. The third-order valence-electron chi connectivity index (χ3n) is 5.05. The standard InChI is InChI=1S/C24H16O2S2/c1-13-3-6-16-18(11-13)19-12-15(5-7-17(19)24(26)23(16)25)20-9-10-22(28-20)21-8-4-14(2)27-21/h3-12H,1-2H3. The normalized spacial score (nSPS) is 12.8. The maximum absolute atomic E-state index is 12.6. The van der Waals surface area contributed by atoms with Crippen LogP contribution in [-0.4, -0.2) is 11.6 Å². The second kappa shape index (κ2) is 6.36. The fraction of sp³-hybridized carbons (Fsp3) is 0.0833. The molecule has 0 atom stereocenters. The zero-order valence-corrected chi connectivity index (χ0v) is 17.0. The van der Waals surface area contributed by atoms with Crippen LogP contribution in [0.2, 0.25) is 0 Å². The van der Waals surface area contributed by atoms with Gasteiger partial charge in [-0.3, -0.25) is 9.59 Å². The molecule has 1 aliphatic rings. The van der Waals surface area contributed by atoms with Crippen molar-refractivity contribution >= 4 is 34.2 Å². The van der Waals surface area contributed by atoms with Crippen LogP contribution in [0.4, 0.5) is 0 Å². The number of carbonyl (C=O) groups is 2. The van der Waals surface area contributed by atoms with Gasteiger partial charge in [0.2, 0.25) is 11.6 Å². The Morgan fingerprint density at radius 3 is 1.89 bits per heavy atom. The zero-order chi connectivity index (χ0) is 19.4. The molecule has 0 bridgehead atoms. The van der Waals surface area contributed by atoms with Crippen LogP contribution in [0, 0.1) is 13.8 Å². The molecule has 2 heterocycles. The van der Waals surface area contributed by atoms with Crippen molar-refractivity contribution in [3.05, 3.63) is 82.2 Å². The van der Waals surface area contributed by atoms with Crippen molar-refractivity contribution in [2.24, 2.45) is 0 Å². The van der Waals surface area contributed by atoms with E-state index < -0.39 is 11.6 Å². The van der Waals surface area contributed by atoms with Gasteiger partial charge >= 0.3 is 0 Å². The first-order chi connectivity index (χ1) is 13.5. The van der Waals surface area contributed by atoms with E-state index in [4.69, 9.17) is 0 Å². The summed E-state index contributed by atoms with van der Waals surface area (Å²) in [6, 6.07) is 20.0. The van der Waals surface area contributed by atoms with Gasteiger partial charge in [-0.15, -0.1) is 22.7 Å². The first kappa shape index (κ1) is 17.3. The molecule has 0 aliphatic heterocycles. The number of Topliss-reactive ketones (excluding diaryl/α,β-unsaturated/α-hetero) is 2. The average molecular weight is 401 g/mol. The second-order valence-electron chi connectivity index (χ2n) is 7.04. The van der Waals surface area contributed by atoms with Gasteiger partial charge in [0.05, 0.1) is 0 Å². The fourth-order valence-electron chi connectivity index (χ4n) is 3.63. The van der Waals surface area contributed by atoms with Crippen molar-refractivity contribution in [3.63, 3.8) is 0 Å². The monoisotopic (exact) mass is 400 g/mol. The molecule has 4 heteroatoms. The highest BCUT2D eigenvalue weighted by Crippen LogP contribution is 2.41. The maximum atomic E-state index is 12.6. The van der Waals surface area contributed by atoms with Gasteiger partial charge in [-0.1, -0.05) is 29.8 Å². The first-order valence-corrected chi connectivity index (χ1v) is 10.7. The van der Waals surface area contributed by atoms with Crippen molar-refractivity contribution in [1.29, 1.82) is 0 Å². The largest absolute Gasteiger partial charge is 0.285 e. The van der Waals surface area contributed by atoms with Crippen LogP contribution in [-0.2, 0) is 0 Å². The van der Waals surface area contributed by atoms with E-state index in [2.05, 4.69) is 31.2 Å². The van der Waals surface area contributed by atoms with E-state index in [0.717, 1.165) is 27.1 Å². The van der Waals surface area contributed by atoms with E-state index in [-0.39, 0.29) is 0 Å². The van der Waals surface area contributed by atoms with Crippen LogP contribution in [0.5, 0.6) is 0 Å². The number of fused-ring (bicyclic) bond motifs is 3. The Bertz CT molecular complexity index is 1270. The zero-order valence-electron chi connectivity index (χ0n) is 15.4. The van der Waals surface area contributed by atoms with Crippen LogP contribution in [0.3, 0.4) is 0 Å². The van der Waals surface area contributed by atoms with Gasteiger partial charge < -0.3 is 0 Å². The van der Waals surface area contributed by atoms with Gasteiger partial charge in [-0.05, 0) is 66.9 Å². The van der Waals surface area contributed by atoms with E-state index in [1.807, 2.05) is 31.2 Å². The average Bonchev–Trinajstić information content (AvgIpc) is 3.35. The molecule has 0 amide bonds. The van der Waals surface area contributed by atoms with Crippen LogP contribution in [0.15, 0.2) is 60.7 Å². The minimum atomic E-state index is -0.418. The molecular weight excluding hydrogens is 384 g/mol. The predicted molar refractivity (Wildman–Crippen MR) is 117 cm³/mol. The molecule has 0 unspecified atom stereocenters. The lowest BCUT2D eigenvalue weighted by molar-refractivity contribution is 0.0815. The van der Waals surface area contributed by atoms with E-state index in [1.165, 1.54) is 14.6 Å². The summed E-state index contributed by atoms with van der Waals surface area (Å²) in [6.45, 7) is 4.11. The van der Waals surface area contributed by atoms with Crippen molar-refractivity contribution in [2.75, 3.05) is 0 Å². The van der Waals surface area contributed by atoms with Crippen LogP contribution >= 0.6 is 22.7 Å². The van der Waals surface area contributed by atoms with E-state index in [1.54, 1.807) is 34.8 Å². The third-order valence-corrected chi connectivity index (χ3v) is 7.38. The molecule has 0 spiro atoms. The van der Waals surface area contributed by atoms with Crippen LogP contribution in [0.25, 0.3) is 31.3 Å². The van der Waals surface area contributed by atoms with Gasteiger partial charge in [0, 0.05) is 30.6 Å². The van der Waals surface area contributed by atoms with Crippen molar-refractivity contribution in [1.82, 2.24) is 0 Å². The molecule has 136 valence electrons. The number of ketones is 2. The summed E-state index contributed by atoms with van der Waals surface area (Å²) in [5.74, 6) is -0.833. The van der Waals surface area contributed by atoms with Gasteiger partial charge in [0.1, 0.15) is 0 Å². The number of benzene rings is 2. The number of hydrogen-bond donors (Lipinski definition) is 0. The number of hydrogen-bond acceptors (Lipinski definition) is 4. The summed E-state index contributed by atoms with van der Waals surface area (Å²) in [7, 11) is 0. The Kier molecular flexibility index (Phi) is 3.93. The molecule has 2 aromatic heterocycles. The van der Waals surface area contributed by atoms with Gasteiger partial charge in [0.25, 0.3) is 0 Å². The minimum absolute atomic E-state index is 0.415. The molecule has 0 saturated carbocycles. The lowest BCUT2D eigenvalue weighted by atomic mass is 9.82. The molecule has 4 aromatic rings. The highest BCUT2D eigenvalue weighted by molar-refractivity contribution is 7.23. The Balaban J connectivity index is 1.64.